The molecule has 1 aromatic carbocycles. The molecule has 1 rings (SSSR count). The Hall–Kier alpha value is -2.04. The topological polar surface area (TPSA) is 78.6 Å². The van der Waals surface area contributed by atoms with Crippen LogP contribution in [-0.4, -0.2) is 25.2 Å². The van der Waals surface area contributed by atoms with Gasteiger partial charge in [-0.3, -0.25) is 0 Å². The molecule has 2 N–H and O–H groups in total. The number of hydrogen-bond donors (Lipinski definition) is 1. The number of benzene rings is 1. The highest BCUT2D eigenvalue weighted by Gasteiger charge is 2.20. The molecule has 0 aliphatic rings. The van der Waals surface area contributed by atoms with Crippen molar-refractivity contribution in [2.75, 3.05) is 12.8 Å². The van der Waals surface area contributed by atoms with Gasteiger partial charge in [-0.05, 0) is 38.0 Å². The summed E-state index contributed by atoms with van der Waals surface area (Å²) in [7, 11) is 1.24. The summed E-state index contributed by atoms with van der Waals surface area (Å²) in [5, 5.41) is 0. The van der Waals surface area contributed by atoms with Crippen LogP contribution in [0.1, 0.15) is 28.4 Å². The molecule has 0 aromatic heterocycles. The highest BCUT2D eigenvalue weighted by Crippen LogP contribution is 2.19. The molecular weight excluding hydrogens is 234 g/mol. The SMILES string of the molecule is COC(=O)C(C)OC(=O)c1cc(N)c(C)cc1C. The molecule has 0 fully saturated rings. The molecule has 0 saturated carbocycles. The van der Waals surface area contributed by atoms with Gasteiger partial charge in [0.1, 0.15) is 0 Å². The average Bonchev–Trinajstić information content (AvgIpc) is 2.32. The van der Waals surface area contributed by atoms with E-state index in [4.69, 9.17) is 10.5 Å². The van der Waals surface area contributed by atoms with Gasteiger partial charge in [-0.15, -0.1) is 0 Å². The van der Waals surface area contributed by atoms with E-state index in [9.17, 15) is 9.59 Å². The second-order valence-corrected chi connectivity index (χ2v) is 4.09. The maximum Gasteiger partial charge on any atom is 0.346 e. The van der Waals surface area contributed by atoms with Crippen LogP contribution in [-0.2, 0) is 14.3 Å². The maximum atomic E-state index is 11.9. The Labute approximate surface area is 106 Å². The number of nitrogens with two attached hydrogens (primary N) is 1. The first-order chi connectivity index (χ1) is 8.36. The monoisotopic (exact) mass is 251 g/mol. The first kappa shape index (κ1) is 14.0. The third-order valence-electron chi connectivity index (χ3n) is 2.65. The minimum atomic E-state index is -0.940. The summed E-state index contributed by atoms with van der Waals surface area (Å²) in [6.45, 7) is 5.09. The lowest BCUT2D eigenvalue weighted by atomic mass is 10.0. The van der Waals surface area contributed by atoms with Gasteiger partial charge in [0.2, 0.25) is 0 Å². The van der Waals surface area contributed by atoms with Gasteiger partial charge in [-0.25, -0.2) is 9.59 Å². The van der Waals surface area contributed by atoms with Gasteiger partial charge < -0.3 is 15.2 Å². The van der Waals surface area contributed by atoms with Crippen molar-refractivity contribution in [3.63, 3.8) is 0 Å². The predicted octanol–water partition coefficient (Wildman–Crippen LogP) is 1.60. The van der Waals surface area contributed by atoms with Gasteiger partial charge in [0.15, 0.2) is 6.10 Å². The Morgan fingerprint density at radius 3 is 2.39 bits per heavy atom. The molecule has 0 bridgehead atoms. The van der Waals surface area contributed by atoms with Crippen LogP contribution in [0.2, 0.25) is 0 Å². The Balaban J connectivity index is 2.91. The first-order valence-electron chi connectivity index (χ1n) is 5.52. The van der Waals surface area contributed by atoms with E-state index in [0.717, 1.165) is 11.1 Å². The van der Waals surface area contributed by atoms with Crippen LogP contribution in [0.3, 0.4) is 0 Å². The van der Waals surface area contributed by atoms with Crippen molar-refractivity contribution < 1.29 is 19.1 Å². The molecule has 0 aliphatic carbocycles. The fourth-order valence-corrected chi connectivity index (χ4v) is 1.53. The van der Waals surface area contributed by atoms with Crippen molar-refractivity contribution in [1.29, 1.82) is 0 Å². The summed E-state index contributed by atoms with van der Waals surface area (Å²) in [6, 6.07) is 3.35. The average molecular weight is 251 g/mol. The predicted molar refractivity (Wildman–Crippen MR) is 67.2 cm³/mol. The van der Waals surface area contributed by atoms with Crippen LogP contribution in [0.25, 0.3) is 0 Å². The van der Waals surface area contributed by atoms with Gasteiger partial charge in [0.25, 0.3) is 0 Å². The molecule has 5 nitrogen and oxygen atoms in total. The number of anilines is 1. The number of aryl methyl sites for hydroxylation is 2. The quantitative estimate of drug-likeness (QED) is 0.652. The van der Waals surface area contributed by atoms with Gasteiger partial charge in [-0.1, -0.05) is 6.07 Å². The van der Waals surface area contributed by atoms with Crippen LogP contribution in [0, 0.1) is 13.8 Å². The minimum absolute atomic E-state index is 0.355. The first-order valence-corrected chi connectivity index (χ1v) is 5.52. The van der Waals surface area contributed by atoms with E-state index in [-0.39, 0.29) is 0 Å². The fourth-order valence-electron chi connectivity index (χ4n) is 1.53. The summed E-state index contributed by atoms with van der Waals surface area (Å²) < 4.78 is 9.48. The standard InChI is InChI=1S/C13H17NO4/c1-7-5-8(2)11(14)6-10(7)13(16)18-9(3)12(15)17-4/h5-6,9H,14H2,1-4H3. The second-order valence-electron chi connectivity index (χ2n) is 4.09. The number of methoxy groups -OCH3 is 1. The Morgan fingerprint density at radius 2 is 1.83 bits per heavy atom. The molecule has 18 heavy (non-hydrogen) atoms. The molecule has 0 radical (unpaired) electrons. The number of nitrogen functional groups attached to an aromatic ring is 1. The molecule has 1 aromatic rings. The molecule has 0 amide bonds. The lowest BCUT2D eigenvalue weighted by Crippen LogP contribution is -2.25. The lowest BCUT2D eigenvalue weighted by molar-refractivity contribution is -0.149. The summed E-state index contributed by atoms with van der Waals surface area (Å²) in [4.78, 5) is 23.0. The summed E-state index contributed by atoms with van der Waals surface area (Å²) in [5.41, 5.74) is 8.26. The Bertz CT molecular complexity index is 482. The highest BCUT2D eigenvalue weighted by molar-refractivity contribution is 5.94. The summed E-state index contributed by atoms with van der Waals surface area (Å²) in [6.07, 6.45) is -0.940. The van der Waals surface area contributed by atoms with Crippen molar-refractivity contribution in [2.24, 2.45) is 0 Å². The normalized spacial score (nSPS) is 11.8. The van der Waals surface area contributed by atoms with E-state index >= 15 is 0 Å². The van der Waals surface area contributed by atoms with Gasteiger partial charge in [-0.2, -0.15) is 0 Å². The summed E-state index contributed by atoms with van der Waals surface area (Å²) >= 11 is 0. The Morgan fingerprint density at radius 1 is 1.22 bits per heavy atom. The number of ether oxygens (including phenoxy) is 2. The second kappa shape index (κ2) is 5.53. The largest absolute Gasteiger partial charge is 0.466 e. The number of hydrogen-bond acceptors (Lipinski definition) is 5. The molecule has 1 atom stereocenters. The van der Waals surface area contributed by atoms with E-state index in [2.05, 4.69) is 4.74 Å². The fraction of sp³-hybridized carbons (Fsp3) is 0.385. The van der Waals surface area contributed by atoms with Crippen LogP contribution in [0.5, 0.6) is 0 Å². The van der Waals surface area contributed by atoms with E-state index in [0.29, 0.717) is 11.3 Å². The van der Waals surface area contributed by atoms with E-state index < -0.39 is 18.0 Å². The lowest BCUT2D eigenvalue weighted by Gasteiger charge is -2.13. The van der Waals surface area contributed by atoms with Gasteiger partial charge in [0, 0.05) is 5.69 Å². The molecule has 0 spiro atoms. The molecule has 0 aliphatic heterocycles. The number of esters is 2. The third-order valence-corrected chi connectivity index (χ3v) is 2.65. The number of carbonyl (C=O) groups is 2. The molecule has 98 valence electrons. The maximum absolute atomic E-state index is 11.9. The van der Waals surface area contributed by atoms with E-state index in [1.165, 1.54) is 14.0 Å². The minimum Gasteiger partial charge on any atom is -0.466 e. The van der Waals surface area contributed by atoms with Crippen LogP contribution >= 0.6 is 0 Å². The van der Waals surface area contributed by atoms with Crippen molar-refractivity contribution >= 4 is 17.6 Å². The van der Waals surface area contributed by atoms with Crippen molar-refractivity contribution in [3.05, 3.63) is 28.8 Å². The third kappa shape index (κ3) is 3.00. The van der Waals surface area contributed by atoms with Gasteiger partial charge >= 0.3 is 11.9 Å². The number of rotatable bonds is 3. The van der Waals surface area contributed by atoms with E-state index in [1.807, 2.05) is 6.92 Å². The Kier molecular flexibility index (Phi) is 4.31. The molecular formula is C13H17NO4. The van der Waals surface area contributed by atoms with Crippen molar-refractivity contribution in [3.8, 4) is 0 Å². The zero-order valence-electron chi connectivity index (χ0n) is 10.9. The summed E-state index contributed by atoms with van der Waals surface area (Å²) in [5.74, 6) is -1.18. The van der Waals surface area contributed by atoms with Crippen LogP contribution in [0.4, 0.5) is 5.69 Å². The zero-order valence-corrected chi connectivity index (χ0v) is 10.9. The smallest absolute Gasteiger partial charge is 0.346 e. The van der Waals surface area contributed by atoms with E-state index in [1.54, 1.807) is 19.1 Å². The van der Waals surface area contributed by atoms with Crippen LogP contribution in [0.15, 0.2) is 12.1 Å². The van der Waals surface area contributed by atoms with Crippen molar-refractivity contribution in [2.45, 2.75) is 26.9 Å². The molecule has 1 unspecified atom stereocenters. The van der Waals surface area contributed by atoms with Crippen molar-refractivity contribution in [1.82, 2.24) is 0 Å². The molecule has 5 heteroatoms. The number of carbonyl (C=O) groups excluding carboxylic acids is 2. The molecule has 0 heterocycles. The molecule has 0 saturated heterocycles. The highest BCUT2D eigenvalue weighted by atomic mass is 16.6. The van der Waals surface area contributed by atoms with Gasteiger partial charge in [0.05, 0.1) is 12.7 Å². The zero-order chi connectivity index (χ0) is 13.9. The van der Waals surface area contributed by atoms with Crippen LogP contribution < -0.4 is 5.73 Å².